The molecule has 1 N–H and O–H groups in total. The molecule has 0 aliphatic heterocycles. The number of nitrogens with zero attached hydrogens (tertiary/aromatic N) is 1. The monoisotopic (exact) mass is 394 g/mol. The van der Waals surface area contributed by atoms with Gasteiger partial charge in [-0.3, -0.25) is 9.59 Å². The lowest BCUT2D eigenvalue weighted by molar-refractivity contribution is -0.113. The second kappa shape index (κ2) is 7.48. The Morgan fingerprint density at radius 2 is 2.04 bits per heavy atom. The van der Waals surface area contributed by atoms with Gasteiger partial charge in [0.1, 0.15) is 0 Å². The van der Waals surface area contributed by atoms with Gasteiger partial charge in [-0.05, 0) is 29.5 Å². The number of anilines is 1. The number of thiazole rings is 1. The first-order valence-electron chi connectivity index (χ1n) is 7.97. The van der Waals surface area contributed by atoms with Gasteiger partial charge in [0.25, 0.3) is 0 Å². The van der Waals surface area contributed by atoms with E-state index in [-0.39, 0.29) is 17.1 Å². The van der Waals surface area contributed by atoms with Crippen molar-refractivity contribution in [3.63, 3.8) is 0 Å². The maximum absolute atomic E-state index is 12.2. The number of nitrogens with one attached hydrogen (secondary N) is 1. The van der Waals surface area contributed by atoms with Crippen molar-refractivity contribution in [2.75, 3.05) is 11.1 Å². The van der Waals surface area contributed by atoms with Crippen LogP contribution in [0.15, 0.2) is 24.3 Å². The first-order valence-corrected chi connectivity index (χ1v) is 10.3. The van der Waals surface area contributed by atoms with E-state index in [0.717, 1.165) is 23.4 Å². The molecule has 0 spiro atoms. The van der Waals surface area contributed by atoms with Gasteiger partial charge >= 0.3 is 0 Å². The van der Waals surface area contributed by atoms with Crippen LogP contribution in [0.25, 0.3) is 0 Å². The van der Waals surface area contributed by atoms with Crippen molar-refractivity contribution in [2.24, 2.45) is 5.41 Å². The smallest absolute Gasteiger partial charge is 0.236 e. The van der Waals surface area contributed by atoms with E-state index < -0.39 is 0 Å². The Balaban J connectivity index is 1.53. The molecule has 3 rings (SSSR count). The molecule has 0 radical (unpaired) electrons. The lowest BCUT2D eigenvalue weighted by atomic mass is 9.78. The summed E-state index contributed by atoms with van der Waals surface area (Å²) in [6.07, 6.45) is 1.30. The number of Topliss-reactive ketones (excluding diaryl/α,β-unsaturated/α-hetero) is 1. The molecule has 132 valence electrons. The van der Waals surface area contributed by atoms with E-state index in [1.54, 1.807) is 0 Å². The van der Waals surface area contributed by atoms with Gasteiger partial charge in [-0.15, -0.1) is 11.8 Å². The summed E-state index contributed by atoms with van der Waals surface area (Å²) in [5, 5.41) is 4.04. The van der Waals surface area contributed by atoms with Gasteiger partial charge < -0.3 is 5.32 Å². The van der Waals surface area contributed by atoms with E-state index in [0.29, 0.717) is 27.2 Å². The van der Waals surface area contributed by atoms with Crippen LogP contribution >= 0.6 is 34.7 Å². The summed E-state index contributed by atoms with van der Waals surface area (Å²) in [5.41, 5.74) is 1.88. The highest BCUT2D eigenvalue weighted by atomic mass is 35.5. The quantitative estimate of drug-likeness (QED) is 0.789. The van der Waals surface area contributed by atoms with Crippen molar-refractivity contribution in [1.29, 1.82) is 0 Å². The summed E-state index contributed by atoms with van der Waals surface area (Å²) in [4.78, 5) is 29.5. The topological polar surface area (TPSA) is 59.1 Å². The summed E-state index contributed by atoms with van der Waals surface area (Å²) in [6.45, 7) is 4.14. The van der Waals surface area contributed by atoms with Gasteiger partial charge in [0.2, 0.25) is 5.91 Å². The molecule has 1 aromatic heterocycles. The first-order chi connectivity index (χ1) is 11.8. The maximum atomic E-state index is 12.2. The van der Waals surface area contributed by atoms with Crippen LogP contribution in [0.3, 0.4) is 0 Å². The van der Waals surface area contributed by atoms with Crippen LogP contribution in [-0.4, -0.2) is 22.4 Å². The van der Waals surface area contributed by atoms with Crippen molar-refractivity contribution in [2.45, 2.75) is 32.4 Å². The number of carbonyl (C=O) groups excluding carboxylic acids is 2. The van der Waals surface area contributed by atoms with Crippen LogP contribution in [0, 0.1) is 5.41 Å². The van der Waals surface area contributed by atoms with E-state index in [4.69, 9.17) is 11.6 Å². The van der Waals surface area contributed by atoms with Gasteiger partial charge in [-0.1, -0.05) is 48.9 Å². The molecule has 7 heteroatoms. The number of thioether (sulfide) groups is 1. The lowest BCUT2D eigenvalue weighted by Crippen LogP contribution is -2.26. The van der Waals surface area contributed by atoms with E-state index in [1.807, 2.05) is 24.3 Å². The highest BCUT2D eigenvalue weighted by Gasteiger charge is 2.34. The van der Waals surface area contributed by atoms with Crippen LogP contribution in [0.2, 0.25) is 5.02 Å². The Bertz CT molecular complexity index is 800. The molecule has 0 fully saturated rings. The first kappa shape index (κ1) is 18.4. The standard InChI is InChI=1S/C18H19ClN2O2S2/c1-18(2)7-13-16(14(22)8-18)25-17(20-13)21-15(23)10-24-9-11-3-5-12(19)6-4-11/h3-6H,7-10H2,1-2H3,(H,20,21,23). The summed E-state index contributed by atoms with van der Waals surface area (Å²) in [5.74, 6) is 1.11. The van der Waals surface area contributed by atoms with Crippen LogP contribution in [0.1, 0.15) is 41.2 Å². The zero-order chi connectivity index (χ0) is 18.0. The Kier molecular flexibility index (Phi) is 5.51. The molecular weight excluding hydrogens is 376 g/mol. The molecule has 0 atom stereocenters. The summed E-state index contributed by atoms with van der Waals surface area (Å²) < 4.78 is 0. The molecule has 25 heavy (non-hydrogen) atoms. The van der Waals surface area contributed by atoms with Crippen LogP contribution in [0.5, 0.6) is 0 Å². The number of halogens is 1. The average molecular weight is 395 g/mol. The van der Waals surface area contributed by atoms with Gasteiger partial charge in [0.15, 0.2) is 10.9 Å². The predicted molar refractivity (Wildman–Crippen MR) is 105 cm³/mol. The minimum atomic E-state index is -0.100. The van der Waals surface area contributed by atoms with Crippen LogP contribution in [-0.2, 0) is 17.0 Å². The lowest BCUT2D eigenvalue weighted by Gasteiger charge is -2.26. The van der Waals surface area contributed by atoms with E-state index in [2.05, 4.69) is 24.1 Å². The molecule has 1 aliphatic rings. The molecule has 2 aromatic rings. The van der Waals surface area contributed by atoms with Crippen LogP contribution < -0.4 is 5.32 Å². The van der Waals surface area contributed by atoms with E-state index in [1.165, 1.54) is 23.1 Å². The maximum Gasteiger partial charge on any atom is 0.236 e. The summed E-state index contributed by atoms with van der Waals surface area (Å²) in [6, 6.07) is 7.59. The summed E-state index contributed by atoms with van der Waals surface area (Å²) in [7, 11) is 0. The minimum absolute atomic E-state index is 0.0616. The number of benzene rings is 1. The number of ketones is 1. The number of hydrogen-bond donors (Lipinski definition) is 1. The molecule has 1 heterocycles. The Morgan fingerprint density at radius 1 is 1.32 bits per heavy atom. The zero-order valence-corrected chi connectivity index (χ0v) is 16.5. The molecule has 1 aliphatic carbocycles. The van der Waals surface area contributed by atoms with Crippen LogP contribution in [0.4, 0.5) is 5.13 Å². The molecule has 1 aromatic carbocycles. The molecule has 1 amide bonds. The SMILES string of the molecule is CC1(C)CC(=O)c2sc(NC(=O)CSCc3ccc(Cl)cc3)nc2C1. The molecular formula is C18H19ClN2O2S2. The largest absolute Gasteiger partial charge is 0.301 e. The third-order valence-corrected chi connectivity index (χ3v) is 6.21. The Hall–Kier alpha value is -1.37. The predicted octanol–water partition coefficient (Wildman–Crippen LogP) is 4.82. The zero-order valence-electron chi connectivity index (χ0n) is 14.1. The van der Waals surface area contributed by atoms with Crippen molar-refractivity contribution in [3.8, 4) is 0 Å². The molecule has 0 saturated carbocycles. The molecule has 0 saturated heterocycles. The number of fused-ring (bicyclic) bond motifs is 1. The second-order valence-corrected chi connectivity index (χ2v) is 9.32. The highest BCUT2D eigenvalue weighted by molar-refractivity contribution is 7.99. The van der Waals surface area contributed by atoms with Gasteiger partial charge in [-0.2, -0.15) is 0 Å². The van der Waals surface area contributed by atoms with Crippen molar-refractivity contribution >= 4 is 51.5 Å². The van der Waals surface area contributed by atoms with Gasteiger partial charge in [-0.25, -0.2) is 4.98 Å². The average Bonchev–Trinajstić information content (AvgIpc) is 2.90. The number of aromatic nitrogens is 1. The Morgan fingerprint density at radius 3 is 2.76 bits per heavy atom. The number of carbonyl (C=O) groups is 2. The van der Waals surface area contributed by atoms with Crippen molar-refractivity contribution < 1.29 is 9.59 Å². The molecule has 4 nitrogen and oxygen atoms in total. The Labute approximate surface area is 160 Å². The molecule has 0 bridgehead atoms. The van der Waals surface area contributed by atoms with E-state index in [9.17, 15) is 9.59 Å². The highest BCUT2D eigenvalue weighted by Crippen LogP contribution is 2.38. The summed E-state index contributed by atoms with van der Waals surface area (Å²) >= 11 is 8.67. The number of hydrogen-bond acceptors (Lipinski definition) is 5. The number of rotatable bonds is 5. The third-order valence-electron chi connectivity index (χ3n) is 3.90. The van der Waals surface area contributed by atoms with Crippen molar-refractivity contribution in [3.05, 3.63) is 45.4 Å². The fraction of sp³-hybridized carbons (Fsp3) is 0.389. The van der Waals surface area contributed by atoms with Crippen molar-refractivity contribution in [1.82, 2.24) is 4.98 Å². The minimum Gasteiger partial charge on any atom is -0.301 e. The fourth-order valence-electron chi connectivity index (χ4n) is 2.77. The van der Waals surface area contributed by atoms with Gasteiger partial charge in [0, 0.05) is 17.2 Å². The van der Waals surface area contributed by atoms with E-state index >= 15 is 0 Å². The normalized spacial score (nSPS) is 15.7. The molecule has 0 unspecified atom stereocenters. The third kappa shape index (κ3) is 4.84. The van der Waals surface area contributed by atoms with Gasteiger partial charge in [0.05, 0.1) is 16.3 Å². The second-order valence-electron chi connectivity index (χ2n) is 6.90. The fourth-order valence-corrected chi connectivity index (χ4v) is 4.62. The number of amides is 1.